The summed E-state index contributed by atoms with van der Waals surface area (Å²) in [7, 11) is 0. The molecule has 0 N–H and O–H groups in total. The summed E-state index contributed by atoms with van der Waals surface area (Å²) in [6, 6.07) is 0. The van der Waals surface area contributed by atoms with Crippen LogP contribution in [0.5, 0.6) is 0 Å². The van der Waals surface area contributed by atoms with Crippen molar-refractivity contribution in [1.29, 1.82) is 0 Å². The molecule has 0 aromatic carbocycles. The van der Waals surface area contributed by atoms with E-state index in [0.717, 1.165) is 35.5 Å². The average Bonchev–Trinajstić information content (AvgIpc) is 3.24. The lowest BCUT2D eigenvalue weighted by molar-refractivity contribution is -0.240. The third kappa shape index (κ3) is 4.73. The van der Waals surface area contributed by atoms with Crippen LogP contribution in [0.15, 0.2) is 12.2 Å². The van der Waals surface area contributed by atoms with Gasteiger partial charge in [0.25, 0.3) is 0 Å². The average molecular weight is 515 g/mol. The van der Waals surface area contributed by atoms with Gasteiger partial charge < -0.3 is 0 Å². The molecule has 5 rings (SSSR count). The predicted octanol–water partition coefficient (Wildman–Crippen LogP) is 12.4. The highest BCUT2D eigenvalue weighted by Gasteiger charge is 2.70. The Balaban J connectivity index is 0.000000750. The lowest BCUT2D eigenvalue weighted by Gasteiger charge is -2.73. The van der Waals surface area contributed by atoms with Crippen molar-refractivity contribution < 1.29 is 0 Å². The maximum absolute atomic E-state index is 4.51. The van der Waals surface area contributed by atoms with Crippen LogP contribution in [0.4, 0.5) is 0 Å². The monoisotopic (exact) mass is 515 g/mol. The van der Waals surface area contributed by atoms with Crippen LogP contribution >= 0.6 is 0 Å². The molecule has 0 aliphatic heterocycles. The Labute approximate surface area is 235 Å². The Kier molecular flexibility index (Phi) is 10.4. The van der Waals surface area contributed by atoms with E-state index in [2.05, 4.69) is 62.0 Å². The first-order valence-corrected chi connectivity index (χ1v) is 17.0. The molecule has 0 aromatic rings. The zero-order chi connectivity index (χ0) is 28.6. The van der Waals surface area contributed by atoms with Gasteiger partial charge in [0.2, 0.25) is 0 Å². The summed E-state index contributed by atoms with van der Waals surface area (Å²) in [6.45, 7) is 37.6. The standard InChI is InChI=1S/C31H52.3C2H6/c1-20(2)22-13-15-28(6)18-19-30(8)23(26(22)28)10-11-25-29(7)16-12-21(3)27(4,5)24(29)14-17-31(25,30)9;3*1-2/h21-26H,1,10-19H2,2-9H3;3*1-2H3. The molecule has 0 amide bonds. The molecule has 10 atom stereocenters. The summed E-state index contributed by atoms with van der Waals surface area (Å²) in [4.78, 5) is 0. The number of allylic oxidation sites excluding steroid dienone is 1. The minimum absolute atomic E-state index is 0.508. The van der Waals surface area contributed by atoms with Gasteiger partial charge in [-0.1, -0.05) is 102 Å². The third-order valence-corrected chi connectivity index (χ3v) is 14.0. The van der Waals surface area contributed by atoms with E-state index in [4.69, 9.17) is 0 Å². The molecule has 10 unspecified atom stereocenters. The van der Waals surface area contributed by atoms with Gasteiger partial charge in [0, 0.05) is 0 Å². The molecule has 5 aliphatic rings. The summed E-state index contributed by atoms with van der Waals surface area (Å²) >= 11 is 0. The Morgan fingerprint density at radius 1 is 0.622 bits per heavy atom. The van der Waals surface area contributed by atoms with Gasteiger partial charge in [-0.05, 0) is 134 Å². The summed E-state index contributed by atoms with van der Waals surface area (Å²) in [5.74, 6) is 5.34. The van der Waals surface area contributed by atoms with Crippen molar-refractivity contribution in [1.82, 2.24) is 0 Å². The predicted molar refractivity (Wildman–Crippen MR) is 168 cm³/mol. The minimum Gasteiger partial charge on any atom is -0.0998 e. The van der Waals surface area contributed by atoms with Crippen LogP contribution in [0.3, 0.4) is 0 Å². The van der Waals surface area contributed by atoms with Gasteiger partial charge in [-0.3, -0.25) is 0 Å². The van der Waals surface area contributed by atoms with Crippen molar-refractivity contribution in [3.8, 4) is 0 Å². The molecular weight excluding hydrogens is 444 g/mol. The van der Waals surface area contributed by atoms with Gasteiger partial charge >= 0.3 is 0 Å². The first-order valence-electron chi connectivity index (χ1n) is 17.0. The van der Waals surface area contributed by atoms with E-state index in [1.54, 1.807) is 0 Å². The van der Waals surface area contributed by atoms with E-state index in [1.165, 1.54) is 69.8 Å². The van der Waals surface area contributed by atoms with Gasteiger partial charge in [-0.2, -0.15) is 0 Å². The number of rotatable bonds is 1. The number of fused-ring (bicyclic) bond motifs is 7. The second-order valence-electron chi connectivity index (χ2n) is 15.1. The van der Waals surface area contributed by atoms with E-state index >= 15 is 0 Å². The fraction of sp³-hybridized carbons (Fsp3) is 0.946. The topological polar surface area (TPSA) is 0 Å². The van der Waals surface area contributed by atoms with Crippen LogP contribution in [0.1, 0.15) is 161 Å². The molecule has 0 heterocycles. The molecule has 37 heavy (non-hydrogen) atoms. The maximum atomic E-state index is 4.51. The third-order valence-electron chi connectivity index (χ3n) is 14.0. The number of hydrogen-bond acceptors (Lipinski definition) is 0. The Morgan fingerprint density at radius 2 is 1.22 bits per heavy atom. The molecule has 0 bridgehead atoms. The lowest BCUT2D eigenvalue weighted by Crippen LogP contribution is -2.65. The lowest BCUT2D eigenvalue weighted by atomic mass is 9.32. The van der Waals surface area contributed by atoms with Crippen molar-refractivity contribution in [3.63, 3.8) is 0 Å². The van der Waals surface area contributed by atoms with E-state index in [-0.39, 0.29) is 0 Å². The normalized spacial score (nSPS) is 49.0. The van der Waals surface area contributed by atoms with Gasteiger partial charge in [-0.25, -0.2) is 0 Å². The van der Waals surface area contributed by atoms with Crippen LogP contribution < -0.4 is 0 Å². The highest BCUT2D eigenvalue weighted by molar-refractivity contribution is 5.20. The van der Waals surface area contributed by atoms with E-state index in [0.29, 0.717) is 27.1 Å². The van der Waals surface area contributed by atoms with Crippen molar-refractivity contribution in [2.45, 2.75) is 161 Å². The van der Waals surface area contributed by atoms with E-state index in [1.807, 2.05) is 41.5 Å². The molecule has 5 saturated carbocycles. The molecule has 0 radical (unpaired) electrons. The van der Waals surface area contributed by atoms with Gasteiger partial charge in [0.15, 0.2) is 0 Å². The van der Waals surface area contributed by atoms with Crippen molar-refractivity contribution in [2.24, 2.45) is 62.6 Å². The molecule has 5 aliphatic carbocycles. The van der Waals surface area contributed by atoms with Crippen LogP contribution in [-0.2, 0) is 0 Å². The smallest absolute Gasteiger partial charge is 0.0172 e. The molecule has 0 saturated heterocycles. The molecule has 0 spiro atoms. The molecular formula is C37H70. The summed E-state index contributed by atoms with van der Waals surface area (Å²) in [6.07, 6.45) is 14.7. The summed E-state index contributed by atoms with van der Waals surface area (Å²) < 4.78 is 0. The zero-order valence-corrected chi connectivity index (χ0v) is 28.2. The number of hydrogen-bond donors (Lipinski definition) is 0. The van der Waals surface area contributed by atoms with Gasteiger partial charge in [0.1, 0.15) is 0 Å². The molecule has 5 fully saturated rings. The highest BCUT2D eigenvalue weighted by atomic mass is 14.7. The van der Waals surface area contributed by atoms with Crippen LogP contribution in [0, 0.1) is 62.6 Å². The molecule has 0 nitrogen and oxygen atoms in total. The highest BCUT2D eigenvalue weighted by Crippen LogP contribution is 2.77. The maximum Gasteiger partial charge on any atom is -0.0172 e. The van der Waals surface area contributed by atoms with Crippen molar-refractivity contribution in [2.75, 3.05) is 0 Å². The molecule has 0 aromatic heterocycles. The SMILES string of the molecule is C=C(C)C1CCC2(C)CCC3(C)C(CCC4C5(C)CCC(C)C(C)(C)C5CCC43C)C12.CC.CC.CC. The van der Waals surface area contributed by atoms with Gasteiger partial charge in [0.05, 0.1) is 0 Å². The largest absolute Gasteiger partial charge is 0.0998 e. The molecule has 0 heteroatoms. The van der Waals surface area contributed by atoms with Crippen LogP contribution in [0.25, 0.3) is 0 Å². The zero-order valence-electron chi connectivity index (χ0n) is 28.2. The van der Waals surface area contributed by atoms with Crippen molar-refractivity contribution >= 4 is 0 Å². The second-order valence-corrected chi connectivity index (χ2v) is 15.1. The molecule has 218 valence electrons. The van der Waals surface area contributed by atoms with Gasteiger partial charge in [-0.15, -0.1) is 0 Å². The van der Waals surface area contributed by atoms with Crippen LogP contribution in [0.2, 0.25) is 0 Å². The van der Waals surface area contributed by atoms with E-state index in [9.17, 15) is 0 Å². The Morgan fingerprint density at radius 3 is 1.78 bits per heavy atom. The second kappa shape index (κ2) is 11.7. The van der Waals surface area contributed by atoms with Crippen molar-refractivity contribution in [3.05, 3.63) is 12.2 Å². The summed E-state index contributed by atoms with van der Waals surface area (Å²) in [5.41, 5.74) is 4.19. The minimum atomic E-state index is 0.508. The fourth-order valence-electron chi connectivity index (χ4n) is 11.7. The first-order chi connectivity index (χ1) is 17.3. The van der Waals surface area contributed by atoms with Crippen LogP contribution in [-0.4, -0.2) is 0 Å². The van der Waals surface area contributed by atoms with E-state index < -0.39 is 0 Å². The summed E-state index contributed by atoms with van der Waals surface area (Å²) in [5, 5.41) is 0. The quantitative estimate of drug-likeness (QED) is 0.305. The Hall–Kier alpha value is -0.260. The fourth-order valence-corrected chi connectivity index (χ4v) is 11.7. The Bertz CT molecular complexity index is 760. The first kappa shape index (κ1) is 32.9.